The Morgan fingerprint density at radius 3 is 2.85 bits per heavy atom. The first kappa shape index (κ1) is 15.0. The molecule has 3 atom stereocenters. The quantitative estimate of drug-likeness (QED) is 0.827. The summed E-state index contributed by atoms with van der Waals surface area (Å²) in [7, 11) is 0. The molecule has 0 aliphatic carbocycles. The fourth-order valence-corrected chi connectivity index (χ4v) is 2.50. The van der Waals surface area contributed by atoms with Crippen LogP contribution in [0.1, 0.15) is 25.3 Å². The van der Waals surface area contributed by atoms with Gasteiger partial charge in [-0.05, 0) is 31.7 Å². The maximum absolute atomic E-state index is 12.0. The second-order valence-corrected chi connectivity index (χ2v) is 5.50. The van der Waals surface area contributed by atoms with Gasteiger partial charge in [0.2, 0.25) is 5.91 Å². The lowest BCUT2D eigenvalue weighted by molar-refractivity contribution is -0.122. The summed E-state index contributed by atoms with van der Waals surface area (Å²) in [5.41, 5.74) is 7.16. The molecule has 0 spiro atoms. The van der Waals surface area contributed by atoms with E-state index in [9.17, 15) is 4.79 Å². The minimum Gasteiger partial charge on any atom is -0.378 e. The zero-order chi connectivity index (χ0) is 14.4. The first-order valence-corrected chi connectivity index (χ1v) is 7.35. The Kier molecular flexibility index (Phi) is 5.56. The lowest BCUT2D eigenvalue weighted by atomic mass is 10.0. The molecule has 4 nitrogen and oxygen atoms in total. The standard InChI is InChI=1S/C16H24N2O2/c1-12-14(9-10-20-12)11-18-16(19)15(17)8-7-13-5-3-2-4-6-13/h2-6,12,14-15H,7-11,17H2,1H3,(H,18,19). The number of benzene rings is 1. The molecule has 0 aromatic heterocycles. The van der Waals surface area contributed by atoms with E-state index in [2.05, 4.69) is 24.4 Å². The average molecular weight is 276 g/mol. The van der Waals surface area contributed by atoms with E-state index in [-0.39, 0.29) is 12.0 Å². The number of hydrogen-bond acceptors (Lipinski definition) is 3. The van der Waals surface area contributed by atoms with Crippen LogP contribution in [0.25, 0.3) is 0 Å². The predicted octanol–water partition coefficient (Wildman–Crippen LogP) is 1.49. The van der Waals surface area contributed by atoms with Crippen LogP contribution in [-0.2, 0) is 16.0 Å². The number of amides is 1. The molecule has 1 fully saturated rings. The van der Waals surface area contributed by atoms with Crippen molar-refractivity contribution in [2.75, 3.05) is 13.2 Å². The van der Waals surface area contributed by atoms with Crippen molar-refractivity contribution in [2.24, 2.45) is 11.7 Å². The largest absolute Gasteiger partial charge is 0.378 e. The normalized spacial score (nSPS) is 23.5. The topological polar surface area (TPSA) is 64.3 Å². The van der Waals surface area contributed by atoms with Crippen LogP contribution in [0.15, 0.2) is 30.3 Å². The summed E-state index contributed by atoms with van der Waals surface area (Å²) in [6, 6.07) is 9.67. The van der Waals surface area contributed by atoms with Crippen molar-refractivity contribution in [1.29, 1.82) is 0 Å². The SMILES string of the molecule is CC1OCCC1CNC(=O)C(N)CCc1ccccc1. The Morgan fingerprint density at radius 2 is 2.20 bits per heavy atom. The van der Waals surface area contributed by atoms with Crippen molar-refractivity contribution < 1.29 is 9.53 Å². The van der Waals surface area contributed by atoms with Gasteiger partial charge in [0.05, 0.1) is 12.1 Å². The van der Waals surface area contributed by atoms with E-state index in [1.54, 1.807) is 0 Å². The Morgan fingerprint density at radius 1 is 1.45 bits per heavy atom. The molecule has 2 rings (SSSR count). The number of carbonyl (C=O) groups is 1. The maximum atomic E-state index is 12.0. The molecule has 1 aromatic rings. The monoisotopic (exact) mass is 276 g/mol. The van der Waals surface area contributed by atoms with E-state index in [1.807, 2.05) is 18.2 Å². The molecule has 1 aliphatic heterocycles. The van der Waals surface area contributed by atoms with Gasteiger partial charge in [0, 0.05) is 19.1 Å². The van der Waals surface area contributed by atoms with Crippen LogP contribution in [0.3, 0.4) is 0 Å². The van der Waals surface area contributed by atoms with Crippen LogP contribution in [-0.4, -0.2) is 31.2 Å². The number of nitrogens with two attached hydrogens (primary N) is 1. The fraction of sp³-hybridized carbons (Fsp3) is 0.562. The molecule has 0 radical (unpaired) electrons. The van der Waals surface area contributed by atoms with Crippen LogP contribution >= 0.6 is 0 Å². The molecule has 3 N–H and O–H groups in total. The lowest BCUT2D eigenvalue weighted by Crippen LogP contribution is -2.43. The first-order chi connectivity index (χ1) is 9.66. The molecule has 1 amide bonds. The molecule has 110 valence electrons. The smallest absolute Gasteiger partial charge is 0.236 e. The third-order valence-corrected chi connectivity index (χ3v) is 4.00. The van der Waals surface area contributed by atoms with Gasteiger partial charge in [-0.3, -0.25) is 4.79 Å². The number of aryl methyl sites for hydroxylation is 1. The Balaban J connectivity index is 1.69. The van der Waals surface area contributed by atoms with Gasteiger partial charge in [-0.2, -0.15) is 0 Å². The molecule has 20 heavy (non-hydrogen) atoms. The van der Waals surface area contributed by atoms with Gasteiger partial charge in [-0.15, -0.1) is 0 Å². The van der Waals surface area contributed by atoms with E-state index in [1.165, 1.54) is 5.56 Å². The molecular formula is C16H24N2O2. The Labute approximate surface area is 120 Å². The van der Waals surface area contributed by atoms with Crippen molar-refractivity contribution in [3.8, 4) is 0 Å². The van der Waals surface area contributed by atoms with Crippen LogP contribution in [0.2, 0.25) is 0 Å². The molecule has 3 unspecified atom stereocenters. The highest BCUT2D eigenvalue weighted by molar-refractivity contribution is 5.81. The number of hydrogen-bond donors (Lipinski definition) is 2. The van der Waals surface area contributed by atoms with Crippen molar-refractivity contribution in [3.05, 3.63) is 35.9 Å². The van der Waals surface area contributed by atoms with Gasteiger partial charge in [-0.1, -0.05) is 30.3 Å². The van der Waals surface area contributed by atoms with E-state index >= 15 is 0 Å². The van der Waals surface area contributed by atoms with Gasteiger partial charge in [0.1, 0.15) is 0 Å². The molecule has 1 heterocycles. The zero-order valence-electron chi connectivity index (χ0n) is 12.0. The highest BCUT2D eigenvalue weighted by atomic mass is 16.5. The molecule has 0 bridgehead atoms. The Hall–Kier alpha value is -1.39. The zero-order valence-corrected chi connectivity index (χ0v) is 12.0. The number of nitrogens with one attached hydrogen (secondary N) is 1. The summed E-state index contributed by atoms with van der Waals surface area (Å²) < 4.78 is 5.48. The second-order valence-electron chi connectivity index (χ2n) is 5.50. The number of carbonyl (C=O) groups excluding carboxylic acids is 1. The van der Waals surface area contributed by atoms with Crippen LogP contribution in [0.4, 0.5) is 0 Å². The van der Waals surface area contributed by atoms with Crippen molar-refractivity contribution in [1.82, 2.24) is 5.32 Å². The second kappa shape index (κ2) is 7.41. The summed E-state index contributed by atoms with van der Waals surface area (Å²) in [4.78, 5) is 12.0. The third-order valence-electron chi connectivity index (χ3n) is 4.00. The minimum atomic E-state index is -0.437. The summed E-state index contributed by atoms with van der Waals surface area (Å²) in [5.74, 6) is 0.361. The summed E-state index contributed by atoms with van der Waals surface area (Å²) in [6.07, 6.45) is 2.75. The van der Waals surface area contributed by atoms with E-state index in [0.717, 1.165) is 19.4 Å². The summed E-state index contributed by atoms with van der Waals surface area (Å²) >= 11 is 0. The third kappa shape index (κ3) is 4.32. The molecular weight excluding hydrogens is 252 g/mol. The van der Waals surface area contributed by atoms with Gasteiger partial charge >= 0.3 is 0 Å². The predicted molar refractivity (Wildman–Crippen MR) is 79.3 cm³/mol. The molecule has 1 aliphatic rings. The molecule has 1 aromatic carbocycles. The van der Waals surface area contributed by atoms with Crippen molar-refractivity contribution in [3.63, 3.8) is 0 Å². The van der Waals surface area contributed by atoms with Gasteiger partial charge in [0.25, 0.3) is 0 Å². The maximum Gasteiger partial charge on any atom is 0.236 e. The average Bonchev–Trinajstić information content (AvgIpc) is 2.88. The molecule has 0 saturated carbocycles. The number of rotatable bonds is 6. The van der Waals surface area contributed by atoms with Gasteiger partial charge < -0.3 is 15.8 Å². The van der Waals surface area contributed by atoms with Crippen molar-refractivity contribution >= 4 is 5.91 Å². The van der Waals surface area contributed by atoms with E-state index < -0.39 is 6.04 Å². The number of ether oxygens (including phenoxy) is 1. The Bertz CT molecular complexity index is 422. The summed E-state index contributed by atoms with van der Waals surface area (Å²) in [5, 5.41) is 2.95. The van der Waals surface area contributed by atoms with Crippen LogP contribution < -0.4 is 11.1 Å². The molecule has 1 saturated heterocycles. The first-order valence-electron chi connectivity index (χ1n) is 7.35. The minimum absolute atomic E-state index is 0.0555. The highest BCUT2D eigenvalue weighted by Gasteiger charge is 2.25. The van der Waals surface area contributed by atoms with E-state index in [4.69, 9.17) is 10.5 Å². The van der Waals surface area contributed by atoms with Gasteiger partial charge in [-0.25, -0.2) is 0 Å². The van der Waals surface area contributed by atoms with Crippen LogP contribution in [0.5, 0.6) is 0 Å². The van der Waals surface area contributed by atoms with E-state index in [0.29, 0.717) is 18.9 Å². The highest BCUT2D eigenvalue weighted by Crippen LogP contribution is 2.19. The fourth-order valence-electron chi connectivity index (χ4n) is 2.50. The van der Waals surface area contributed by atoms with Crippen molar-refractivity contribution in [2.45, 2.75) is 38.3 Å². The van der Waals surface area contributed by atoms with Gasteiger partial charge in [0.15, 0.2) is 0 Å². The molecule has 4 heteroatoms. The van der Waals surface area contributed by atoms with Crippen LogP contribution in [0, 0.1) is 5.92 Å². The summed E-state index contributed by atoms with van der Waals surface area (Å²) in [6.45, 7) is 3.51. The lowest BCUT2D eigenvalue weighted by Gasteiger charge is -2.17.